The molecule has 0 saturated heterocycles. The maximum Gasteiger partial charge on any atom is 0.328 e. The van der Waals surface area contributed by atoms with Crippen molar-refractivity contribution in [2.75, 3.05) is 5.32 Å². The van der Waals surface area contributed by atoms with Crippen LogP contribution in [0.4, 0.5) is 5.69 Å². The normalized spacial score (nSPS) is 11.9. The Labute approximate surface area is 146 Å². The minimum absolute atomic E-state index is 0.119. The molecule has 0 radical (unpaired) electrons. The number of rotatable bonds is 5. The maximum atomic E-state index is 12.2. The lowest BCUT2D eigenvalue weighted by atomic mass is 10.1. The molecule has 2 aromatic carbocycles. The van der Waals surface area contributed by atoms with E-state index in [1.54, 1.807) is 25.1 Å². The first kappa shape index (κ1) is 17.6. The first-order chi connectivity index (χ1) is 10.9. The van der Waals surface area contributed by atoms with Crippen LogP contribution < -0.4 is 5.32 Å². The molecule has 3 nitrogen and oxygen atoms in total. The molecule has 0 aliphatic heterocycles. The Balaban J connectivity index is 1.97. The van der Waals surface area contributed by atoms with Crippen molar-refractivity contribution < 1.29 is 9.53 Å². The highest BCUT2D eigenvalue weighted by atomic mass is 35.5. The number of hydrogen-bond donors (Lipinski definition) is 1. The monoisotopic (exact) mass is 351 g/mol. The smallest absolute Gasteiger partial charge is 0.328 e. The maximum absolute atomic E-state index is 12.2. The van der Waals surface area contributed by atoms with Crippen molar-refractivity contribution in [3.05, 3.63) is 63.1 Å². The second kappa shape index (κ2) is 7.71. The summed E-state index contributed by atoms with van der Waals surface area (Å²) in [5, 5.41) is 4.25. The number of anilines is 1. The molecule has 2 aromatic rings. The lowest BCUT2D eigenvalue weighted by Gasteiger charge is -2.18. The molecule has 0 spiro atoms. The fraction of sp³-hybridized carbons (Fsp3) is 0.278. The number of nitrogens with one attached hydrogen (secondary N) is 1. The average Bonchev–Trinajstić information content (AvgIpc) is 2.49. The van der Waals surface area contributed by atoms with Gasteiger partial charge in [-0.25, -0.2) is 4.79 Å². The van der Waals surface area contributed by atoms with E-state index in [9.17, 15) is 4.79 Å². The van der Waals surface area contributed by atoms with Gasteiger partial charge in [-0.15, -0.1) is 0 Å². The Bertz CT molecular complexity index is 696. The van der Waals surface area contributed by atoms with Gasteiger partial charge >= 0.3 is 5.97 Å². The number of esters is 1. The second-order valence-electron chi connectivity index (χ2n) is 5.48. The first-order valence-electron chi connectivity index (χ1n) is 7.32. The molecule has 0 aliphatic rings. The van der Waals surface area contributed by atoms with E-state index < -0.39 is 6.04 Å². The zero-order valence-corrected chi connectivity index (χ0v) is 14.8. The third-order valence-corrected chi connectivity index (χ3v) is 4.17. The SMILES string of the molecule is Cc1cccc(C)c1N[C@@H](C)C(=O)OCc1ccc(Cl)cc1Cl. The molecule has 122 valence electrons. The third kappa shape index (κ3) is 4.63. The second-order valence-corrected chi connectivity index (χ2v) is 6.32. The van der Waals surface area contributed by atoms with Crippen molar-refractivity contribution >= 4 is 34.9 Å². The first-order valence-corrected chi connectivity index (χ1v) is 8.07. The Morgan fingerprint density at radius 1 is 1.17 bits per heavy atom. The Morgan fingerprint density at radius 2 is 1.83 bits per heavy atom. The molecule has 1 N–H and O–H groups in total. The van der Waals surface area contributed by atoms with Gasteiger partial charge in [0.15, 0.2) is 0 Å². The van der Waals surface area contributed by atoms with Gasteiger partial charge in [0.1, 0.15) is 12.6 Å². The number of halogens is 2. The van der Waals surface area contributed by atoms with Crippen molar-refractivity contribution in [2.45, 2.75) is 33.4 Å². The fourth-order valence-electron chi connectivity index (χ4n) is 2.23. The summed E-state index contributed by atoms with van der Waals surface area (Å²) in [7, 11) is 0. The van der Waals surface area contributed by atoms with Gasteiger partial charge in [-0.1, -0.05) is 47.5 Å². The van der Waals surface area contributed by atoms with Gasteiger partial charge in [0.05, 0.1) is 0 Å². The molecule has 23 heavy (non-hydrogen) atoms. The van der Waals surface area contributed by atoms with Gasteiger partial charge in [-0.3, -0.25) is 0 Å². The highest BCUT2D eigenvalue weighted by molar-refractivity contribution is 6.35. The minimum Gasteiger partial charge on any atom is -0.459 e. The van der Waals surface area contributed by atoms with E-state index >= 15 is 0 Å². The topological polar surface area (TPSA) is 38.3 Å². The fourth-order valence-corrected chi connectivity index (χ4v) is 2.69. The molecule has 0 aromatic heterocycles. The Morgan fingerprint density at radius 3 is 2.43 bits per heavy atom. The van der Waals surface area contributed by atoms with Gasteiger partial charge < -0.3 is 10.1 Å². The quantitative estimate of drug-likeness (QED) is 0.756. The number of carbonyl (C=O) groups excluding carboxylic acids is 1. The molecule has 0 heterocycles. The van der Waals surface area contributed by atoms with Crippen LogP contribution in [-0.2, 0) is 16.1 Å². The summed E-state index contributed by atoms with van der Waals surface area (Å²) in [4.78, 5) is 12.2. The molecular formula is C18H19Cl2NO2. The predicted molar refractivity (Wildman–Crippen MR) is 95.3 cm³/mol. The molecule has 0 aliphatic carbocycles. The summed E-state index contributed by atoms with van der Waals surface area (Å²) >= 11 is 11.9. The van der Waals surface area contributed by atoms with E-state index in [4.69, 9.17) is 27.9 Å². The van der Waals surface area contributed by atoms with Crippen LogP contribution in [0.15, 0.2) is 36.4 Å². The molecule has 0 unspecified atom stereocenters. The van der Waals surface area contributed by atoms with E-state index in [0.29, 0.717) is 10.0 Å². The van der Waals surface area contributed by atoms with E-state index in [2.05, 4.69) is 5.32 Å². The van der Waals surface area contributed by atoms with Gasteiger partial charge in [-0.05, 0) is 44.0 Å². The van der Waals surface area contributed by atoms with Crippen LogP contribution in [0.2, 0.25) is 10.0 Å². The van der Waals surface area contributed by atoms with Crippen molar-refractivity contribution in [1.82, 2.24) is 0 Å². The van der Waals surface area contributed by atoms with Crippen LogP contribution in [0, 0.1) is 13.8 Å². The molecule has 0 bridgehead atoms. The van der Waals surface area contributed by atoms with Gasteiger partial charge in [0.25, 0.3) is 0 Å². The molecular weight excluding hydrogens is 333 g/mol. The van der Waals surface area contributed by atoms with Crippen LogP contribution >= 0.6 is 23.2 Å². The number of ether oxygens (including phenoxy) is 1. The number of benzene rings is 2. The number of carbonyl (C=O) groups is 1. The number of para-hydroxylation sites is 1. The predicted octanol–water partition coefficient (Wildman–Crippen LogP) is 5.15. The average molecular weight is 352 g/mol. The van der Waals surface area contributed by atoms with Gasteiger partial charge in [0.2, 0.25) is 0 Å². The molecule has 5 heteroatoms. The van der Waals surface area contributed by atoms with E-state index in [1.807, 2.05) is 32.0 Å². The summed E-state index contributed by atoms with van der Waals surface area (Å²) in [5.74, 6) is -0.335. The highest BCUT2D eigenvalue weighted by Crippen LogP contribution is 2.23. The zero-order chi connectivity index (χ0) is 17.0. The summed E-state index contributed by atoms with van der Waals surface area (Å²) in [6.45, 7) is 5.90. The van der Waals surface area contributed by atoms with Crippen LogP contribution in [0.25, 0.3) is 0 Å². The van der Waals surface area contributed by atoms with E-state index in [1.165, 1.54) is 0 Å². The van der Waals surface area contributed by atoms with Crippen LogP contribution in [0.5, 0.6) is 0 Å². The summed E-state index contributed by atoms with van der Waals surface area (Å²) in [6.07, 6.45) is 0. The van der Waals surface area contributed by atoms with Gasteiger partial charge in [-0.2, -0.15) is 0 Å². The Kier molecular flexibility index (Phi) is 5.91. The molecule has 0 fully saturated rings. The summed E-state index contributed by atoms with van der Waals surface area (Å²) in [6, 6.07) is 10.6. The van der Waals surface area contributed by atoms with Gasteiger partial charge in [0, 0.05) is 21.3 Å². The van der Waals surface area contributed by atoms with Crippen molar-refractivity contribution in [1.29, 1.82) is 0 Å². The van der Waals surface area contributed by atoms with E-state index in [-0.39, 0.29) is 12.6 Å². The zero-order valence-electron chi connectivity index (χ0n) is 13.3. The number of aryl methyl sites for hydroxylation is 2. The highest BCUT2D eigenvalue weighted by Gasteiger charge is 2.16. The van der Waals surface area contributed by atoms with Crippen LogP contribution in [0.1, 0.15) is 23.6 Å². The lowest BCUT2D eigenvalue weighted by Crippen LogP contribution is -2.28. The molecule has 1 atom stereocenters. The molecule has 2 rings (SSSR count). The number of hydrogen-bond acceptors (Lipinski definition) is 3. The van der Waals surface area contributed by atoms with Crippen molar-refractivity contribution in [3.63, 3.8) is 0 Å². The Hall–Kier alpha value is -1.71. The largest absolute Gasteiger partial charge is 0.459 e. The minimum atomic E-state index is -0.458. The van der Waals surface area contributed by atoms with Crippen LogP contribution in [0.3, 0.4) is 0 Å². The third-order valence-electron chi connectivity index (χ3n) is 3.58. The van der Waals surface area contributed by atoms with Crippen LogP contribution in [-0.4, -0.2) is 12.0 Å². The molecule has 0 saturated carbocycles. The van der Waals surface area contributed by atoms with E-state index in [0.717, 1.165) is 22.4 Å². The molecule has 0 amide bonds. The standard InChI is InChI=1S/C18H19Cl2NO2/c1-11-5-4-6-12(2)17(11)21-13(3)18(22)23-10-14-7-8-15(19)9-16(14)20/h4-9,13,21H,10H2,1-3H3/t13-/m0/s1. The summed E-state index contributed by atoms with van der Waals surface area (Å²) < 4.78 is 5.33. The summed E-state index contributed by atoms with van der Waals surface area (Å²) in [5.41, 5.74) is 3.86. The van der Waals surface area contributed by atoms with Crippen molar-refractivity contribution in [3.8, 4) is 0 Å². The van der Waals surface area contributed by atoms with Crippen molar-refractivity contribution in [2.24, 2.45) is 0 Å². The lowest BCUT2D eigenvalue weighted by molar-refractivity contribution is -0.145.